The molecule has 168 valence electrons. The lowest BCUT2D eigenvalue weighted by Crippen LogP contribution is -2.50. The van der Waals surface area contributed by atoms with Crippen molar-refractivity contribution < 1.29 is 19.4 Å². The van der Waals surface area contributed by atoms with Gasteiger partial charge in [0.15, 0.2) is 11.5 Å². The van der Waals surface area contributed by atoms with Crippen LogP contribution in [0.4, 0.5) is 0 Å². The van der Waals surface area contributed by atoms with Crippen LogP contribution in [0.2, 0.25) is 0 Å². The standard InChI is InChI=1S/C24H38N2O4/c1-15(27)24(5)14-26(22(28)21(25)23(2,3)4)12-18(24)17-9-10-19(29-6)20(11-17)30-13-16-7-8-16/h9-11,15-16,18,21,27H,7-8,12-14,25H2,1-6H3/t15-,18+,21+,24?/m1/s1. The number of carbonyl (C=O) groups is 1. The third-order valence-electron chi connectivity index (χ3n) is 6.96. The Balaban J connectivity index is 1.88. The summed E-state index contributed by atoms with van der Waals surface area (Å²) in [6.45, 7) is 11.5. The lowest BCUT2D eigenvalue weighted by atomic mass is 9.72. The van der Waals surface area contributed by atoms with Crippen LogP contribution in [-0.4, -0.2) is 54.9 Å². The van der Waals surface area contributed by atoms with E-state index in [-0.39, 0.29) is 17.2 Å². The molecule has 30 heavy (non-hydrogen) atoms. The highest BCUT2D eigenvalue weighted by Crippen LogP contribution is 2.47. The molecule has 0 spiro atoms. The Morgan fingerprint density at radius 1 is 1.33 bits per heavy atom. The minimum atomic E-state index is -0.581. The Bertz CT molecular complexity index is 769. The number of rotatable bonds is 7. The molecule has 0 aromatic heterocycles. The zero-order valence-corrected chi connectivity index (χ0v) is 19.3. The summed E-state index contributed by atoms with van der Waals surface area (Å²) in [6.07, 6.45) is 1.86. The number of carbonyl (C=O) groups excluding carboxylic acids is 1. The number of likely N-dealkylation sites (tertiary alicyclic amines) is 1. The molecule has 1 saturated heterocycles. The first-order valence-electron chi connectivity index (χ1n) is 11.0. The summed E-state index contributed by atoms with van der Waals surface area (Å²) in [5.41, 5.74) is 6.52. The average Bonchev–Trinajstić information content (AvgIpc) is 3.45. The van der Waals surface area contributed by atoms with Gasteiger partial charge in [0.2, 0.25) is 5.91 Å². The van der Waals surface area contributed by atoms with Crippen LogP contribution in [0.25, 0.3) is 0 Å². The van der Waals surface area contributed by atoms with Gasteiger partial charge in [-0.2, -0.15) is 0 Å². The smallest absolute Gasteiger partial charge is 0.240 e. The van der Waals surface area contributed by atoms with Gasteiger partial charge in [-0.05, 0) is 48.8 Å². The van der Waals surface area contributed by atoms with Crippen LogP contribution < -0.4 is 15.2 Å². The van der Waals surface area contributed by atoms with Crippen molar-refractivity contribution in [3.63, 3.8) is 0 Å². The number of hydrogen-bond donors (Lipinski definition) is 2. The number of benzene rings is 1. The van der Waals surface area contributed by atoms with Crippen molar-refractivity contribution in [1.82, 2.24) is 4.90 Å². The molecule has 6 nitrogen and oxygen atoms in total. The van der Waals surface area contributed by atoms with Crippen LogP contribution in [0, 0.1) is 16.7 Å². The molecule has 1 aromatic carbocycles. The quantitative estimate of drug-likeness (QED) is 0.710. The minimum absolute atomic E-state index is 0.0252. The third kappa shape index (κ3) is 4.59. The Morgan fingerprint density at radius 2 is 2.00 bits per heavy atom. The first-order chi connectivity index (χ1) is 14.0. The molecule has 1 aromatic rings. The average molecular weight is 419 g/mol. The molecular formula is C24H38N2O4. The number of ether oxygens (including phenoxy) is 2. The van der Waals surface area contributed by atoms with Gasteiger partial charge in [-0.1, -0.05) is 33.8 Å². The van der Waals surface area contributed by atoms with E-state index in [2.05, 4.69) is 0 Å². The number of methoxy groups -OCH3 is 1. The van der Waals surface area contributed by atoms with Crippen LogP contribution in [0.1, 0.15) is 58.9 Å². The number of nitrogens with two attached hydrogens (primary N) is 1. The van der Waals surface area contributed by atoms with E-state index in [0.717, 1.165) is 11.3 Å². The molecule has 2 aliphatic rings. The molecule has 4 atom stereocenters. The van der Waals surface area contributed by atoms with Gasteiger partial charge in [0.25, 0.3) is 0 Å². The molecule has 3 N–H and O–H groups in total. The van der Waals surface area contributed by atoms with Crippen LogP contribution in [0.3, 0.4) is 0 Å². The zero-order valence-electron chi connectivity index (χ0n) is 19.3. The predicted molar refractivity (Wildman–Crippen MR) is 118 cm³/mol. The fourth-order valence-corrected chi connectivity index (χ4v) is 4.17. The highest BCUT2D eigenvalue weighted by atomic mass is 16.5. The number of amides is 1. The minimum Gasteiger partial charge on any atom is -0.493 e. The van der Waals surface area contributed by atoms with Crippen molar-refractivity contribution in [3.05, 3.63) is 23.8 Å². The van der Waals surface area contributed by atoms with Crippen LogP contribution in [-0.2, 0) is 4.79 Å². The topological polar surface area (TPSA) is 85.0 Å². The SMILES string of the molecule is COc1ccc([C@@H]2CN(C(=O)[C@H](N)C(C)(C)C)CC2(C)[C@@H](C)O)cc1OCC1CC1. The van der Waals surface area contributed by atoms with E-state index < -0.39 is 17.6 Å². The highest BCUT2D eigenvalue weighted by molar-refractivity contribution is 5.83. The summed E-state index contributed by atoms with van der Waals surface area (Å²) in [4.78, 5) is 14.9. The Labute approximate surface area is 180 Å². The van der Waals surface area contributed by atoms with E-state index >= 15 is 0 Å². The monoisotopic (exact) mass is 418 g/mol. The van der Waals surface area contributed by atoms with E-state index in [1.165, 1.54) is 12.8 Å². The van der Waals surface area contributed by atoms with Crippen LogP contribution in [0.15, 0.2) is 18.2 Å². The fraction of sp³-hybridized carbons (Fsp3) is 0.708. The maximum atomic E-state index is 13.1. The Morgan fingerprint density at radius 3 is 2.53 bits per heavy atom. The van der Waals surface area contributed by atoms with Crippen LogP contribution in [0.5, 0.6) is 11.5 Å². The number of aliphatic hydroxyl groups excluding tert-OH is 1. The van der Waals surface area contributed by atoms with Crippen molar-refractivity contribution in [2.24, 2.45) is 22.5 Å². The zero-order chi connectivity index (χ0) is 22.3. The lowest BCUT2D eigenvalue weighted by Gasteiger charge is -2.34. The van der Waals surface area contributed by atoms with Gasteiger partial charge in [-0.3, -0.25) is 4.79 Å². The van der Waals surface area contributed by atoms with Gasteiger partial charge >= 0.3 is 0 Å². The van der Waals surface area contributed by atoms with Crippen molar-refractivity contribution >= 4 is 5.91 Å². The molecule has 1 saturated carbocycles. The molecule has 1 unspecified atom stereocenters. The Kier molecular flexibility index (Phi) is 6.40. The van der Waals surface area contributed by atoms with E-state index in [9.17, 15) is 9.90 Å². The van der Waals surface area contributed by atoms with Crippen LogP contribution >= 0.6 is 0 Å². The molecule has 2 fully saturated rings. The van der Waals surface area contributed by atoms with Gasteiger partial charge in [0.05, 0.1) is 25.9 Å². The molecule has 1 aliphatic carbocycles. The largest absolute Gasteiger partial charge is 0.493 e. The molecular weight excluding hydrogens is 380 g/mol. The normalized spacial score (nSPS) is 26.4. The van der Waals surface area contributed by atoms with Crippen molar-refractivity contribution in [2.75, 3.05) is 26.8 Å². The van der Waals surface area contributed by atoms with Gasteiger partial charge in [0, 0.05) is 24.4 Å². The first-order valence-corrected chi connectivity index (χ1v) is 11.0. The van der Waals surface area contributed by atoms with E-state index in [1.54, 1.807) is 14.0 Å². The molecule has 6 heteroatoms. The summed E-state index contributed by atoms with van der Waals surface area (Å²) in [5, 5.41) is 10.7. The lowest BCUT2D eigenvalue weighted by molar-refractivity contribution is -0.134. The third-order valence-corrected chi connectivity index (χ3v) is 6.96. The summed E-state index contributed by atoms with van der Waals surface area (Å²) in [6, 6.07) is 5.38. The molecule has 0 bridgehead atoms. The van der Waals surface area contributed by atoms with Gasteiger partial charge in [0.1, 0.15) is 0 Å². The summed E-state index contributed by atoms with van der Waals surface area (Å²) in [7, 11) is 1.64. The van der Waals surface area contributed by atoms with Gasteiger partial charge < -0.3 is 25.2 Å². The van der Waals surface area contributed by atoms with Crippen molar-refractivity contribution in [3.8, 4) is 11.5 Å². The van der Waals surface area contributed by atoms with E-state index in [1.807, 2.05) is 50.8 Å². The van der Waals surface area contributed by atoms with E-state index in [4.69, 9.17) is 15.2 Å². The highest BCUT2D eigenvalue weighted by Gasteiger charge is 2.49. The number of aliphatic hydroxyl groups is 1. The molecule has 1 amide bonds. The van der Waals surface area contributed by atoms with Gasteiger partial charge in [-0.25, -0.2) is 0 Å². The van der Waals surface area contributed by atoms with E-state index in [0.29, 0.717) is 31.4 Å². The number of nitrogens with zero attached hydrogens (tertiary/aromatic N) is 1. The molecule has 3 rings (SSSR count). The predicted octanol–water partition coefficient (Wildman–Crippen LogP) is 3.17. The summed E-state index contributed by atoms with van der Waals surface area (Å²) in [5.74, 6) is 1.99. The fourth-order valence-electron chi connectivity index (χ4n) is 4.17. The number of hydrogen-bond acceptors (Lipinski definition) is 5. The summed E-state index contributed by atoms with van der Waals surface area (Å²) < 4.78 is 11.5. The van der Waals surface area contributed by atoms with Crippen molar-refractivity contribution in [1.29, 1.82) is 0 Å². The maximum Gasteiger partial charge on any atom is 0.240 e. The second kappa shape index (κ2) is 8.39. The summed E-state index contributed by atoms with van der Waals surface area (Å²) >= 11 is 0. The molecule has 1 heterocycles. The molecule has 0 radical (unpaired) electrons. The van der Waals surface area contributed by atoms with Crippen molar-refractivity contribution in [2.45, 2.75) is 65.5 Å². The molecule has 1 aliphatic heterocycles. The Hall–Kier alpha value is -1.79. The maximum absolute atomic E-state index is 13.1. The second-order valence-electron chi connectivity index (χ2n) is 10.5. The second-order valence-corrected chi connectivity index (χ2v) is 10.5. The first kappa shape index (κ1) is 22.9. The van der Waals surface area contributed by atoms with Gasteiger partial charge in [-0.15, -0.1) is 0 Å².